The first-order valence-electron chi connectivity index (χ1n) is 5.69. The van der Waals surface area contributed by atoms with E-state index in [9.17, 15) is 4.39 Å². The molecular formula is C12H14FN3OS. The summed E-state index contributed by atoms with van der Waals surface area (Å²) in [5.74, 6) is 1.61. The Hall–Kier alpha value is -1.43. The van der Waals surface area contributed by atoms with Crippen molar-refractivity contribution in [2.45, 2.75) is 13.0 Å². The third-order valence-corrected chi connectivity index (χ3v) is 3.07. The number of rotatable bonds is 4. The second-order valence-electron chi connectivity index (χ2n) is 3.79. The van der Waals surface area contributed by atoms with Crippen LogP contribution in [-0.2, 0) is 0 Å². The summed E-state index contributed by atoms with van der Waals surface area (Å²) in [6.45, 7) is 1.99. The molecule has 0 fully saturated rings. The van der Waals surface area contributed by atoms with Gasteiger partial charge in [-0.25, -0.2) is 4.39 Å². The smallest absolute Gasteiger partial charge is 0.204 e. The summed E-state index contributed by atoms with van der Waals surface area (Å²) in [5.41, 5.74) is 0.727. The third kappa shape index (κ3) is 3.80. The maximum Gasteiger partial charge on any atom is 0.204 e. The van der Waals surface area contributed by atoms with Gasteiger partial charge in [0.15, 0.2) is 0 Å². The van der Waals surface area contributed by atoms with E-state index in [1.807, 2.05) is 0 Å². The van der Waals surface area contributed by atoms with Crippen molar-refractivity contribution >= 4 is 22.6 Å². The lowest BCUT2D eigenvalue weighted by Gasteiger charge is -2.10. The number of benzene rings is 1. The summed E-state index contributed by atoms with van der Waals surface area (Å²) >= 11 is 1.60. The summed E-state index contributed by atoms with van der Waals surface area (Å²) < 4.78 is 17.6. The number of hydrogen-bond acceptors (Lipinski definition) is 5. The first-order valence-corrected chi connectivity index (χ1v) is 6.68. The molecule has 96 valence electrons. The van der Waals surface area contributed by atoms with Crippen molar-refractivity contribution in [2.24, 2.45) is 15.2 Å². The van der Waals surface area contributed by atoms with E-state index in [-0.39, 0.29) is 0 Å². The van der Waals surface area contributed by atoms with Gasteiger partial charge in [0, 0.05) is 5.75 Å². The van der Waals surface area contributed by atoms with E-state index >= 15 is 0 Å². The van der Waals surface area contributed by atoms with Gasteiger partial charge in [-0.15, -0.1) is 10.2 Å². The quantitative estimate of drug-likeness (QED) is 0.782. The Morgan fingerprint density at radius 2 is 2.17 bits per heavy atom. The number of aliphatic imine (C=N–C) groups is 1. The van der Waals surface area contributed by atoms with Crippen LogP contribution in [0.4, 0.5) is 10.1 Å². The molecule has 2 rings (SSSR count). The van der Waals surface area contributed by atoms with Crippen LogP contribution in [0.25, 0.3) is 0 Å². The van der Waals surface area contributed by atoms with Gasteiger partial charge in [0.05, 0.1) is 12.2 Å². The van der Waals surface area contributed by atoms with Crippen molar-refractivity contribution < 1.29 is 9.13 Å². The molecule has 1 aromatic carbocycles. The molecule has 1 heterocycles. The van der Waals surface area contributed by atoms with Crippen LogP contribution in [0.2, 0.25) is 0 Å². The minimum absolute atomic E-state index is 0.429. The molecule has 0 amide bonds. The number of alkyl halides is 1. The van der Waals surface area contributed by atoms with Crippen LogP contribution in [0.15, 0.2) is 39.5 Å². The van der Waals surface area contributed by atoms with Crippen molar-refractivity contribution in [1.82, 2.24) is 0 Å². The van der Waals surface area contributed by atoms with E-state index in [1.54, 1.807) is 43.0 Å². The van der Waals surface area contributed by atoms with Crippen LogP contribution in [0.5, 0.6) is 5.75 Å². The number of azo groups is 1. The second-order valence-corrected chi connectivity index (χ2v) is 4.85. The third-order valence-electron chi connectivity index (χ3n) is 2.21. The molecule has 0 N–H and O–H groups in total. The van der Waals surface area contributed by atoms with Gasteiger partial charge in [0.2, 0.25) is 5.17 Å². The monoisotopic (exact) mass is 267 g/mol. The molecule has 0 bridgehead atoms. The first-order chi connectivity index (χ1) is 8.78. The van der Waals surface area contributed by atoms with Crippen LogP contribution in [0, 0.1) is 0 Å². The zero-order chi connectivity index (χ0) is 12.8. The summed E-state index contributed by atoms with van der Waals surface area (Å²) in [4.78, 5) is 4.17. The van der Waals surface area contributed by atoms with Crippen molar-refractivity contribution in [3.63, 3.8) is 0 Å². The van der Waals surface area contributed by atoms with E-state index in [0.29, 0.717) is 5.75 Å². The molecule has 0 aliphatic carbocycles. The van der Waals surface area contributed by atoms with Gasteiger partial charge in [0.1, 0.15) is 18.5 Å². The predicted octanol–water partition coefficient (Wildman–Crippen LogP) is 3.61. The van der Waals surface area contributed by atoms with Crippen LogP contribution in [0.3, 0.4) is 0 Å². The zero-order valence-corrected chi connectivity index (χ0v) is 10.9. The molecule has 1 aliphatic rings. The van der Waals surface area contributed by atoms with E-state index in [1.165, 1.54) is 0 Å². The molecule has 0 saturated heterocycles. The summed E-state index contributed by atoms with van der Waals surface area (Å²) in [5, 5.41) is 8.83. The number of ether oxygens (including phenoxy) is 1. The van der Waals surface area contributed by atoms with Gasteiger partial charge < -0.3 is 4.74 Å². The van der Waals surface area contributed by atoms with Crippen molar-refractivity contribution in [2.75, 3.05) is 19.0 Å². The lowest BCUT2D eigenvalue weighted by Crippen LogP contribution is -2.13. The lowest BCUT2D eigenvalue weighted by molar-refractivity contribution is 0.182. The Balaban J connectivity index is 1.94. The topological polar surface area (TPSA) is 46.3 Å². The average Bonchev–Trinajstić information content (AvgIpc) is 2.91. The van der Waals surface area contributed by atoms with Gasteiger partial charge in [-0.2, -0.15) is 0 Å². The van der Waals surface area contributed by atoms with Crippen molar-refractivity contribution in [3.8, 4) is 5.75 Å². The van der Waals surface area contributed by atoms with Gasteiger partial charge in [-0.05, 0) is 31.2 Å². The Labute approximate surface area is 109 Å². The maximum absolute atomic E-state index is 12.3. The van der Waals surface area contributed by atoms with Gasteiger partial charge in [-0.1, -0.05) is 11.8 Å². The van der Waals surface area contributed by atoms with Crippen LogP contribution in [-0.4, -0.2) is 30.2 Å². The molecule has 1 unspecified atom stereocenters. The molecule has 0 radical (unpaired) electrons. The molecule has 0 saturated carbocycles. The Bertz CT molecular complexity index is 447. The Kier molecular flexibility index (Phi) is 4.69. The Morgan fingerprint density at radius 3 is 2.78 bits per heavy atom. The Morgan fingerprint density at radius 1 is 1.39 bits per heavy atom. The van der Waals surface area contributed by atoms with Crippen molar-refractivity contribution in [3.05, 3.63) is 24.3 Å². The number of thioether (sulfide) groups is 1. The molecular weight excluding hydrogens is 253 g/mol. The SMILES string of the molecule is CC(CF)Oc1ccc(N=NC2=NCCS2)cc1. The number of amidine groups is 1. The van der Waals surface area contributed by atoms with E-state index < -0.39 is 12.8 Å². The molecule has 1 aromatic rings. The summed E-state index contributed by atoms with van der Waals surface area (Å²) in [6, 6.07) is 7.07. The highest BCUT2D eigenvalue weighted by Gasteiger charge is 2.05. The second kappa shape index (κ2) is 6.49. The molecule has 0 spiro atoms. The van der Waals surface area contributed by atoms with Crippen LogP contribution < -0.4 is 4.74 Å². The van der Waals surface area contributed by atoms with Crippen LogP contribution >= 0.6 is 11.8 Å². The summed E-state index contributed by atoms with van der Waals surface area (Å²) in [6.07, 6.45) is -0.429. The first kappa shape index (κ1) is 13.0. The van der Waals surface area contributed by atoms with Gasteiger partial charge >= 0.3 is 0 Å². The normalized spacial score (nSPS) is 16.9. The van der Waals surface area contributed by atoms with Crippen molar-refractivity contribution in [1.29, 1.82) is 0 Å². The fourth-order valence-corrected chi connectivity index (χ4v) is 1.99. The molecule has 1 aliphatic heterocycles. The van der Waals surface area contributed by atoms with Gasteiger partial charge in [0.25, 0.3) is 0 Å². The molecule has 18 heavy (non-hydrogen) atoms. The number of nitrogens with zero attached hydrogens (tertiary/aromatic N) is 3. The minimum Gasteiger partial charge on any atom is -0.488 e. The largest absolute Gasteiger partial charge is 0.488 e. The fourth-order valence-electron chi connectivity index (χ4n) is 1.34. The highest BCUT2D eigenvalue weighted by molar-refractivity contribution is 8.14. The molecule has 0 aromatic heterocycles. The molecule has 1 atom stereocenters. The number of halogens is 1. The highest BCUT2D eigenvalue weighted by Crippen LogP contribution is 2.21. The highest BCUT2D eigenvalue weighted by atomic mass is 32.2. The standard InChI is InChI=1S/C12H14FN3OS/c1-9(8-13)17-11-4-2-10(3-5-11)15-16-12-14-6-7-18-12/h2-5,9H,6-8H2,1H3. The fraction of sp³-hybridized carbons (Fsp3) is 0.417. The number of hydrogen-bond donors (Lipinski definition) is 0. The van der Waals surface area contributed by atoms with Crippen LogP contribution in [0.1, 0.15) is 6.92 Å². The van der Waals surface area contributed by atoms with Gasteiger partial charge in [-0.3, -0.25) is 4.99 Å². The predicted molar refractivity (Wildman–Crippen MR) is 71.8 cm³/mol. The maximum atomic E-state index is 12.3. The summed E-state index contributed by atoms with van der Waals surface area (Å²) in [7, 11) is 0. The van der Waals surface area contributed by atoms with E-state index in [2.05, 4.69) is 15.2 Å². The molecule has 6 heteroatoms. The lowest BCUT2D eigenvalue weighted by atomic mass is 10.3. The average molecular weight is 267 g/mol. The zero-order valence-electron chi connectivity index (χ0n) is 10.0. The minimum atomic E-state index is -0.501. The van der Waals surface area contributed by atoms with E-state index in [4.69, 9.17) is 4.74 Å². The molecule has 4 nitrogen and oxygen atoms in total. The van der Waals surface area contributed by atoms with E-state index in [0.717, 1.165) is 23.2 Å².